The first-order valence-electron chi connectivity index (χ1n) is 10.1. The van der Waals surface area contributed by atoms with Crippen LogP contribution in [-0.2, 0) is 9.59 Å². The summed E-state index contributed by atoms with van der Waals surface area (Å²) in [5, 5.41) is 13.1. The number of amides is 1. The van der Waals surface area contributed by atoms with E-state index in [2.05, 4.69) is 18.7 Å². The zero-order valence-electron chi connectivity index (χ0n) is 17.8. The molecule has 2 aromatic rings. The number of nitrogens with zero attached hydrogens (tertiary/aromatic N) is 2. The molecule has 0 bridgehead atoms. The molecular weight excluding hydrogens is 400 g/mol. The molecule has 1 aliphatic rings. The van der Waals surface area contributed by atoms with Crippen LogP contribution in [0.5, 0.6) is 5.75 Å². The second-order valence-corrected chi connectivity index (χ2v) is 8.22. The second-order valence-electron chi connectivity index (χ2n) is 7.24. The lowest BCUT2D eigenvalue weighted by Gasteiger charge is -2.27. The van der Waals surface area contributed by atoms with E-state index in [1.54, 1.807) is 17.0 Å². The molecule has 1 aromatic carbocycles. The Kier molecular flexibility index (Phi) is 6.95. The minimum atomic E-state index is -0.658. The van der Waals surface area contributed by atoms with Gasteiger partial charge in [-0.1, -0.05) is 31.5 Å². The summed E-state index contributed by atoms with van der Waals surface area (Å²) in [4.78, 5) is 30.6. The van der Waals surface area contributed by atoms with Gasteiger partial charge in [0.05, 0.1) is 24.3 Å². The Balaban J connectivity index is 2.11. The number of thiophene rings is 1. The predicted molar refractivity (Wildman–Crippen MR) is 119 cm³/mol. The number of benzene rings is 1. The van der Waals surface area contributed by atoms with E-state index in [9.17, 15) is 14.7 Å². The van der Waals surface area contributed by atoms with Crippen LogP contribution < -0.4 is 4.74 Å². The van der Waals surface area contributed by atoms with Crippen LogP contribution in [0.3, 0.4) is 0 Å². The molecule has 1 fully saturated rings. The number of ketones is 1. The van der Waals surface area contributed by atoms with E-state index in [4.69, 9.17) is 4.74 Å². The number of carbonyl (C=O) groups is 2. The molecule has 1 saturated heterocycles. The maximum Gasteiger partial charge on any atom is 0.295 e. The second kappa shape index (κ2) is 9.45. The molecule has 0 spiro atoms. The molecule has 7 heteroatoms. The third-order valence-electron chi connectivity index (χ3n) is 5.51. The number of rotatable bonds is 8. The van der Waals surface area contributed by atoms with Gasteiger partial charge in [-0.25, -0.2) is 0 Å². The van der Waals surface area contributed by atoms with E-state index in [1.807, 2.05) is 30.5 Å². The number of aryl methyl sites for hydroxylation is 1. The number of likely N-dealkylation sites (tertiary alicyclic amines) is 1. The lowest BCUT2D eigenvalue weighted by molar-refractivity contribution is -0.140. The number of likely N-dealkylation sites (N-methyl/N-ethyl adjacent to an activating group) is 1. The highest BCUT2D eigenvalue weighted by Crippen LogP contribution is 2.42. The maximum absolute atomic E-state index is 13.0. The maximum atomic E-state index is 13.0. The van der Waals surface area contributed by atoms with E-state index in [0.717, 1.165) is 23.5 Å². The van der Waals surface area contributed by atoms with Crippen LogP contribution >= 0.6 is 11.3 Å². The minimum absolute atomic E-state index is 0.117. The highest BCUT2D eigenvalue weighted by atomic mass is 32.1. The number of hydrogen-bond acceptors (Lipinski definition) is 6. The van der Waals surface area contributed by atoms with Crippen molar-refractivity contribution >= 4 is 28.8 Å². The fraction of sp³-hybridized carbons (Fsp3) is 0.391. The molecule has 0 saturated carbocycles. The van der Waals surface area contributed by atoms with Gasteiger partial charge in [0, 0.05) is 18.0 Å². The van der Waals surface area contributed by atoms with Crippen LogP contribution in [-0.4, -0.2) is 59.9 Å². The van der Waals surface area contributed by atoms with E-state index < -0.39 is 17.7 Å². The summed E-state index contributed by atoms with van der Waals surface area (Å²) in [5.74, 6) is -0.974. The lowest BCUT2D eigenvalue weighted by atomic mass is 9.98. The summed E-state index contributed by atoms with van der Waals surface area (Å²) in [7, 11) is 1.51. The van der Waals surface area contributed by atoms with Gasteiger partial charge in [-0.2, -0.15) is 0 Å². The molecule has 0 aliphatic carbocycles. The summed E-state index contributed by atoms with van der Waals surface area (Å²) in [5.41, 5.74) is 1.45. The number of aliphatic hydroxyl groups is 1. The van der Waals surface area contributed by atoms with Crippen LogP contribution in [0.2, 0.25) is 0 Å². The van der Waals surface area contributed by atoms with Gasteiger partial charge in [0.15, 0.2) is 0 Å². The van der Waals surface area contributed by atoms with Crippen LogP contribution in [0.15, 0.2) is 41.3 Å². The fourth-order valence-corrected chi connectivity index (χ4v) is 4.64. The van der Waals surface area contributed by atoms with Crippen molar-refractivity contribution in [3.63, 3.8) is 0 Å². The molecule has 1 aromatic heterocycles. The van der Waals surface area contributed by atoms with Gasteiger partial charge in [0.2, 0.25) is 0 Å². The smallest absolute Gasteiger partial charge is 0.295 e. The number of aliphatic hydroxyl groups excluding tert-OH is 1. The summed E-state index contributed by atoms with van der Waals surface area (Å²) in [6.07, 6.45) is 0. The lowest BCUT2D eigenvalue weighted by Crippen LogP contribution is -2.37. The SMILES string of the molecule is CCN(CC)CCN1C(=O)C(=O)/C(=C(\O)c2cc(C)ccc2OC)C1c1cccs1. The van der Waals surface area contributed by atoms with Crippen molar-refractivity contribution in [1.82, 2.24) is 9.80 Å². The van der Waals surface area contributed by atoms with Crippen molar-refractivity contribution < 1.29 is 19.4 Å². The largest absolute Gasteiger partial charge is 0.507 e. The van der Waals surface area contributed by atoms with Gasteiger partial charge in [0.1, 0.15) is 11.5 Å². The minimum Gasteiger partial charge on any atom is -0.507 e. The average molecular weight is 429 g/mol. The third kappa shape index (κ3) is 4.13. The van der Waals surface area contributed by atoms with E-state index in [1.165, 1.54) is 18.4 Å². The summed E-state index contributed by atoms with van der Waals surface area (Å²) in [6.45, 7) is 8.84. The Labute approximate surface area is 181 Å². The number of carbonyl (C=O) groups excluding carboxylic acids is 2. The molecule has 1 aliphatic heterocycles. The van der Waals surface area contributed by atoms with Crippen molar-refractivity contribution in [2.75, 3.05) is 33.3 Å². The molecule has 1 atom stereocenters. The molecular formula is C23H28N2O4S. The van der Waals surface area contributed by atoms with Crippen molar-refractivity contribution in [1.29, 1.82) is 0 Å². The van der Waals surface area contributed by atoms with Crippen molar-refractivity contribution in [2.24, 2.45) is 0 Å². The van der Waals surface area contributed by atoms with Crippen LogP contribution in [0.4, 0.5) is 0 Å². The summed E-state index contributed by atoms with van der Waals surface area (Å²) < 4.78 is 5.40. The van der Waals surface area contributed by atoms with Gasteiger partial charge >= 0.3 is 0 Å². The molecule has 0 radical (unpaired) electrons. The van der Waals surface area contributed by atoms with Gasteiger partial charge < -0.3 is 19.6 Å². The standard InChI is InChI=1S/C23H28N2O4S/c1-5-24(6-2)11-12-25-20(18-8-7-13-30-18)19(22(27)23(25)28)21(26)16-14-15(3)9-10-17(16)29-4/h7-10,13-14,20,26H,5-6,11-12H2,1-4H3/b21-19-. The highest BCUT2D eigenvalue weighted by molar-refractivity contribution is 7.10. The molecule has 160 valence electrons. The van der Waals surface area contributed by atoms with Crippen molar-refractivity contribution in [2.45, 2.75) is 26.8 Å². The number of ether oxygens (including phenoxy) is 1. The Morgan fingerprint density at radius 2 is 1.97 bits per heavy atom. The van der Waals surface area contributed by atoms with E-state index in [0.29, 0.717) is 24.4 Å². The van der Waals surface area contributed by atoms with Gasteiger partial charge in [0.25, 0.3) is 11.7 Å². The highest BCUT2D eigenvalue weighted by Gasteiger charge is 2.46. The van der Waals surface area contributed by atoms with E-state index in [-0.39, 0.29) is 11.3 Å². The van der Waals surface area contributed by atoms with E-state index >= 15 is 0 Å². The molecule has 30 heavy (non-hydrogen) atoms. The topological polar surface area (TPSA) is 70.1 Å². The van der Waals surface area contributed by atoms with Gasteiger partial charge in [-0.05, 0) is 43.6 Å². The Hall–Kier alpha value is -2.64. The van der Waals surface area contributed by atoms with Crippen LogP contribution in [0.25, 0.3) is 5.76 Å². The first-order chi connectivity index (χ1) is 14.4. The molecule has 1 N–H and O–H groups in total. The van der Waals surface area contributed by atoms with Crippen LogP contribution in [0, 0.1) is 6.92 Å². The van der Waals surface area contributed by atoms with Crippen LogP contribution in [0.1, 0.15) is 35.9 Å². The normalized spacial score (nSPS) is 18.4. The zero-order valence-corrected chi connectivity index (χ0v) is 18.7. The Bertz CT molecular complexity index is 948. The molecule has 2 heterocycles. The number of Topliss-reactive ketones (excluding diaryl/α,β-unsaturated/α-hetero) is 1. The first-order valence-corrected chi connectivity index (χ1v) is 11.0. The molecule has 3 rings (SSSR count). The first kappa shape index (κ1) is 22.1. The Morgan fingerprint density at radius 3 is 2.57 bits per heavy atom. The third-order valence-corrected chi connectivity index (χ3v) is 6.44. The van der Waals surface area contributed by atoms with Crippen molar-refractivity contribution in [3.8, 4) is 5.75 Å². The zero-order chi connectivity index (χ0) is 21.8. The molecule has 6 nitrogen and oxygen atoms in total. The summed E-state index contributed by atoms with van der Waals surface area (Å²) in [6, 6.07) is 8.56. The monoisotopic (exact) mass is 428 g/mol. The Morgan fingerprint density at radius 1 is 1.23 bits per heavy atom. The van der Waals surface area contributed by atoms with Crippen molar-refractivity contribution in [3.05, 3.63) is 57.3 Å². The number of hydrogen-bond donors (Lipinski definition) is 1. The summed E-state index contributed by atoms with van der Waals surface area (Å²) >= 11 is 1.47. The number of methoxy groups -OCH3 is 1. The predicted octanol–water partition coefficient (Wildman–Crippen LogP) is 3.83. The van der Waals surface area contributed by atoms with Gasteiger partial charge in [-0.15, -0.1) is 11.3 Å². The van der Waals surface area contributed by atoms with Gasteiger partial charge in [-0.3, -0.25) is 9.59 Å². The average Bonchev–Trinajstić information content (AvgIpc) is 3.36. The molecule has 1 unspecified atom stereocenters. The quantitative estimate of drug-likeness (QED) is 0.393. The molecule has 1 amide bonds. The fourth-order valence-electron chi connectivity index (χ4n) is 3.79.